The lowest BCUT2D eigenvalue weighted by Crippen LogP contribution is -2.51. The summed E-state index contributed by atoms with van der Waals surface area (Å²) in [7, 11) is 0. The molecule has 88 valence electrons. The molecule has 0 unspecified atom stereocenters. The van der Waals surface area contributed by atoms with Gasteiger partial charge in [-0.3, -0.25) is 0 Å². The van der Waals surface area contributed by atoms with Crippen LogP contribution in [0.25, 0.3) is 0 Å². The Hall–Kier alpha value is -1.02. The van der Waals surface area contributed by atoms with Gasteiger partial charge in [-0.1, -0.05) is 17.7 Å². The summed E-state index contributed by atoms with van der Waals surface area (Å²) in [6.07, 6.45) is 2.44. The van der Waals surface area contributed by atoms with Crippen molar-refractivity contribution in [3.05, 3.63) is 29.3 Å². The molecule has 2 heteroatoms. The molecule has 0 bridgehead atoms. The Morgan fingerprint density at radius 3 is 2.81 bits per heavy atom. The first-order valence-electron chi connectivity index (χ1n) is 6.12. The van der Waals surface area contributed by atoms with Crippen LogP contribution in [0.15, 0.2) is 18.2 Å². The number of nitrogens with zero attached hydrogens (tertiary/aromatic N) is 1. The molecule has 1 aromatic carbocycles. The van der Waals surface area contributed by atoms with Crippen LogP contribution in [-0.2, 0) is 6.42 Å². The second kappa shape index (κ2) is 4.10. The van der Waals surface area contributed by atoms with Gasteiger partial charge in [0.25, 0.3) is 0 Å². The van der Waals surface area contributed by atoms with Gasteiger partial charge >= 0.3 is 0 Å². The summed E-state index contributed by atoms with van der Waals surface area (Å²) in [4.78, 5) is 2.46. The molecule has 0 atom stereocenters. The molecule has 0 saturated heterocycles. The highest BCUT2D eigenvalue weighted by Crippen LogP contribution is 2.32. The van der Waals surface area contributed by atoms with E-state index in [1.54, 1.807) is 0 Å². The summed E-state index contributed by atoms with van der Waals surface area (Å²) >= 11 is 0. The van der Waals surface area contributed by atoms with Crippen LogP contribution in [0.5, 0.6) is 0 Å². The molecule has 2 N–H and O–H groups in total. The van der Waals surface area contributed by atoms with Crippen LogP contribution in [0, 0.1) is 6.92 Å². The molecule has 2 rings (SSSR count). The Balaban J connectivity index is 2.40. The summed E-state index contributed by atoms with van der Waals surface area (Å²) in [5, 5.41) is 0. The van der Waals surface area contributed by atoms with Crippen molar-refractivity contribution in [3.8, 4) is 0 Å². The molecule has 0 radical (unpaired) electrons. The van der Waals surface area contributed by atoms with Crippen molar-refractivity contribution in [2.24, 2.45) is 5.73 Å². The standard InChI is InChI=1S/C14H22N2/c1-11-6-7-13-12(9-11)5-4-8-16(13)14(2,3)10-15/h6-7,9H,4-5,8,10,15H2,1-3H3. The third kappa shape index (κ3) is 1.94. The minimum absolute atomic E-state index is 0.0599. The van der Waals surface area contributed by atoms with Crippen molar-refractivity contribution in [1.29, 1.82) is 0 Å². The van der Waals surface area contributed by atoms with Crippen molar-refractivity contribution in [3.63, 3.8) is 0 Å². The SMILES string of the molecule is Cc1ccc2c(c1)CCCN2C(C)(C)CN. The molecule has 16 heavy (non-hydrogen) atoms. The van der Waals surface area contributed by atoms with Crippen molar-refractivity contribution in [2.75, 3.05) is 18.0 Å². The van der Waals surface area contributed by atoms with Crippen LogP contribution in [-0.4, -0.2) is 18.6 Å². The van der Waals surface area contributed by atoms with Gasteiger partial charge in [0.2, 0.25) is 0 Å². The molecule has 0 fully saturated rings. The minimum atomic E-state index is 0.0599. The topological polar surface area (TPSA) is 29.3 Å². The number of benzene rings is 1. The average Bonchev–Trinajstić information content (AvgIpc) is 2.27. The quantitative estimate of drug-likeness (QED) is 0.826. The van der Waals surface area contributed by atoms with E-state index in [1.807, 2.05) is 0 Å². The summed E-state index contributed by atoms with van der Waals surface area (Å²) in [6.45, 7) is 8.43. The predicted molar refractivity (Wildman–Crippen MR) is 70.0 cm³/mol. The molecular formula is C14H22N2. The zero-order valence-electron chi connectivity index (χ0n) is 10.6. The van der Waals surface area contributed by atoms with E-state index < -0.39 is 0 Å². The van der Waals surface area contributed by atoms with Gasteiger partial charge in [0, 0.05) is 24.3 Å². The first-order chi connectivity index (χ1) is 7.54. The molecular weight excluding hydrogens is 196 g/mol. The van der Waals surface area contributed by atoms with Crippen molar-refractivity contribution < 1.29 is 0 Å². The maximum atomic E-state index is 5.88. The van der Waals surface area contributed by atoms with Gasteiger partial charge in [-0.05, 0) is 45.2 Å². The fourth-order valence-corrected chi connectivity index (χ4v) is 2.46. The van der Waals surface area contributed by atoms with Crippen LogP contribution in [0.1, 0.15) is 31.4 Å². The monoisotopic (exact) mass is 218 g/mol. The number of aryl methyl sites for hydroxylation is 2. The molecule has 0 spiro atoms. The average molecular weight is 218 g/mol. The van der Waals surface area contributed by atoms with Gasteiger partial charge in [0.15, 0.2) is 0 Å². The van der Waals surface area contributed by atoms with Crippen LogP contribution in [0.3, 0.4) is 0 Å². The van der Waals surface area contributed by atoms with Crippen molar-refractivity contribution in [2.45, 2.75) is 39.2 Å². The Morgan fingerprint density at radius 2 is 2.12 bits per heavy atom. The zero-order chi connectivity index (χ0) is 11.8. The molecule has 0 amide bonds. The van der Waals surface area contributed by atoms with E-state index in [1.165, 1.54) is 29.7 Å². The Labute approximate surface area is 98.4 Å². The molecule has 0 aliphatic carbocycles. The number of hydrogen-bond acceptors (Lipinski definition) is 2. The summed E-state index contributed by atoms with van der Waals surface area (Å²) < 4.78 is 0. The van der Waals surface area contributed by atoms with Gasteiger partial charge in [-0.2, -0.15) is 0 Å². The summed E-state index contributed by atoms with van der Waals surface area (Å²) in [5.41, 5.74) is 10.2. The van der Waals surface area contributed by atoms with E-state index in [2.05, 4.69) is 43.9 Å². The zero-order valence-corrected chi connectivity index (χ0v) is 10.6. The largest absolute Gasteiger partial charge is 0.365 e. The Bertz CT molecular complexity index is 382. The van der Waals surface area contributed by atoms with E-state index in [9.17, 15) is 0 Å². The molecule has 2 nitrogen and oxygen atoms in total. The fraction of sp³-hybridized carbons (Fsp3) is 0.571. The van der Waals surface area contributed by atoms with Crippen LogP contribution in [0.2, 0.25) is 0 Å². The lowest BCUT2D eigenvalue weighted by atomic mass is 9.93. The third-order valence-corrected chi connectivity index (χ3v) is 3.58. The second-order valence-corrected chi connectivity index (χ2v) is 5.40. The fourth-order valence-electron chi connectivity index (χ4n) is 2.46. The van der Waals surface area contributed by atoms with E-state index in [-0.39, 0.29) is 5.54 Å². The Morgan fingerprint density at radius 1 is 1.38 bits per heavy atom. The van der Waals surface area contributed by atoms with Crippen LogP contribution >= 0.6 is 0 Å². The second-order valence-electron chi connectivity index (χ2n) is 5.40. The molecule has 1 heterocycles. The minimum Gasteiger partial charge on any atom is -0.365 e. The molecule has 0 aromatic heterocycles. The van der Waals surface area contributed by atoms with E-state index in [4.69, 9.17) is 5.73 Å². The van der Waals surface area contributed by atoms with Gasteiger partial charge in [-0.25, -0.2) is 0 Å². The van der Waals surface area contributed by atoms with E-state index in [0.29, 0.717) is 6.54 Å². The van der Waals surface area contributed by atoms with Crippen LogP contribution < -0.4 is 10.6 Å². The summed E-state index contributed by atoms with van der Waals surface area (Å²) in [6, 6.07) is 6.76. The third-order valence-electron chi connectivity index (χ3n) is 3.58. The van der Waals surface area contributed by atoms with E-state index in [0.717, 1.165) is 6.54 Å². The maximum absolute atomic E-state index is 5.88. The number of anilines is 1. The highest BCUT2D eigenvalue weighted by atomic mass is 15.2. The highest BCUT2D eigenvalue weighted by molar-refractivity contribution is 5.58. The Kier molecular flexibility index (Phi) is 2.94. The maximum Gasteiger partial charge on any atom is 0.0468 e. The first-order valence-corrected chi connectivity index (χ1v) is 6.12. The lowest BCUT2D eigenvalue weighted by molar-refractivity contribution is 0.454. The normalized spacial score (nSPS) is 16.1. The van der Waals surface area contributed by atoms with Gasteiger partial charge < -0.3 is 10.6 Å². The number of fused-ring (bicyclic) bond motifs is 1. The van der Waals surface area contributed by atoms with Gasteiger partial charge in [0.05, 0.1) is 0 Å². The van der Waals surface area contributed by atoms with Gasteiger partial charge in [-0.15, -0.1) is 0 Å². The van der Waals surface area contributed by atoms with E-state index >= 15 is 0 Å². The summed E-state index contributed by atoms with van der Waals surface area (Å²) in [5.74, 6) is 0. The number of hydrogen-bond donors (Lipinski definition) is 1. The first kappa shape index (κ1) is 11.5. The van der Waals surface area contributed by atoms with Crippen molar-refractivity contribution >= 4 is 5.69 Å². The lowest BCUT2D eigenvalue weighted by Gasteiger charge is -2.43. The smallest absolute Gasteiger partial charge is 0.0468 e. The molecule has 1 aliphatic rings. The number of nitrogens with two attached hydrogens (primary N) is 1. The van der Waals surface area contributed by atoms with Crippen molar-refractivity contribution in [1.82, 2.24) is 0 Å². The van der Waals surface area contributed by atoms with Crippen LogP contribution in [0.4, 0.5) is 5.69 Å². The molecule has 1 aliphatic heterocycles. The highest BCUT2D eigenvalue weighted by Gasteiger charge is 2.28. The predicted octanol–water partition coefficient (Wildman–Crippen LogP) is 2.48. The number of rotatable bonds is 2. The van der Waals surface area contributed by atoms with Gasteiger partial charge in [0.1, 0.15) is 0 Å². The molecule has 1 aromatic rings. The molecule has 0 saturated carbocycles.